The molecule has 0 bridgehead atoms. The van der Waals surface area contributed by atoms with Gasteiger partial charge in [0.15, 0.2) is 9.84 Å². The van der Waals surface area contributed by atoms with Crippen molar-refractivity contribution < 1.29 is 32.6 Å². The predicted molar refractivity (Wildman–Crippen MR) is 91.6 cm³/mol. The first-order valence-electron chi connectivity index (χ1n) is 7.66. The van der Waals surface area contributed by atoms with Gasteiger partial charge in [-0.25, -0.2) is 8.42 Å². The molecule has 0 aliphatic heterocycles. The van der Waals surface area contributed by atoms with Crippen molar-refractivity contribution in [2.75, 3.05) is 25.7 Å². The van der Waals surface area contributed by atoms with Crippen molar-refractivity contribution in [2.24, 2.45) is 0 Å². The number of benzene rings is 1. The molecule has 9 heteroatoms. The summed E-state index contributed by atoms with van der Waals surface area (Å²) in [6.45, 7) is 1.70. The lowest BCUT2D eigenvalue weighted by Crippen LogP contribution is -2.35. The topological polar surface area (TPSA) is 119 Å². The molecule has 25 heavy (non-hydrogen) atoms. The van der Waals surface area contributed by atoms with Gasteiger partial charge in [-0.3, -0.25) is 9.59 Å². The number of ether oxygens (including phenoxy) is 2. The third-order valence-corrected chi connectivity index (χ3v) is 5.13. The molecule has 2 N–H and O–H groups in total. The maximum atomic E-state index is 12.1. The number of amides is 1. The van der Waals surface area contributed by atoms with Crippen molar-refractivity contribution in [2.45, 2.75) is 25.8 Å². The van der Waals surface area contributed by atoms with E-state index >= 15 is 0 Å². The lowest BCUT2D eigenvalue weighted by Gasteiger charge is -2.20. The van der Waals surface area contributed by atoms with Gasteiger partial charge < -0.3 is 19.9 Å². The molecule has 0 saturated carbocycles. The normalized spacial score (nSPS) is 12.3. The van der Waals surface area contributed by atoms with E-state index in [1.54, 1.807) is 25.1 Å². The molecule has 1 unspecified atom stereocenters. The second kappa shape index (κ2) is 9.26. The Labute approximate surface area is 147 Å². The summed E-state index contributed by atoms with van der Waals surface area (Å²) < 4.78 is 33.9. The van der Waals surface area contributed by atoms with Gasteiger partial charge in [0, 0.05) is 11.6 Å². The lowest BCUT2D eigenvalue weighted by molar-refractivity contribution is -0.137. The van der Waals surface area contributed by atoms with Crippen LogP contribution >= 0.6 is 0 Å². The Kier molecular flexibility index (Phi) is 7.69. The molecule has 1 rings (SSSR count). The molecule has 1 aromatic rings. The molecule has 0 radical (unpaired) electrons. The van der Waals surface area contributed by atoms with Gasteiger partial charge in [-0.05, 0) is 18.6 Å². The Bertz CT molecular complexity index is 715. The standard InChI is InChI=1S/C16H23NO7S/c1-4-7-25(21,22)10-15(18)17-13(9-16(19)20)12-6-5-11(23-2)8-14(12)24-3/h5-6,8,13H,4,7,9-10H2,1-3H3,(H,17,18)(H,19,20). The van der Waals surface area contributed by atoms with Crippen LogP contribution < -0.4 is 14.8 Å². The van der Waals surface area contributed by atoms with E-state index in [1.807, 2.05) is 0 Å². The molecular formula is C16H23NO7S. The Morgan fingerprint density at radius 1 is 1.24 bits per heavy atom. The highest BCUT2D eigenvalue weighted by Crippen LogP contribution is 2.31. The number of hydrogen-bond donors (Lipinski definition) is 2. The molecule has 0 heterocycles. The number of nitrogens with one attached hydrogen (secondary N) is 1. The maximum Gasteiger partial charge on any atom is 0.305 e. The highest BCUT2D eigenvalue weighted by Gasteiger charge is 2.24. The van der Waals surface area contributed by atoms with E-state index in [0.717, 1.165) is 0 Å². The van der Waals surface area contributed by atoms with Gasteiger partial charge in [0.1, 0.15) is 17.3 Å². The molecule has 8 nitrogen and oxygen atoms in total. The maximum absolute atomic E-state index is 12.1. The van der Waals surface area contributed by atoms with Gasteiger partial charge in [-0.1, -0.05) is 6.92 Å². The van der Waals surface area contributed by atoms with Gasteiger partial charge in [0.05, 0.1) is 32.4 Å². The van der Waals surface area contributed by atoms with E-state index < -0.39 is 39.9 Å². The molecule has 0 aromatic heterocycles. The van der Waals surface area contributed by atoms with Crippen molar-refractivity contribution in [3.05, 3.63) is 23.8 Å². The Hall–Kier alpha value is -2.29. The molecule has 0 aliphatic carbocycles. The van der Waals surface area contributed by atoms with E-state index in [0.29, 0.717) is 23.5 Å². The quantitative estimate of drug-likeness (QED) is 0.631. The van der Waals surface area contributed by atoms with E-state index in [1.165, 1.54) is 14.2 Å². The fourth-order valence-electron chi connectivity index (χ4n) is 2.34. The first-order valence-corrected chi connectivity index (χ1v) is 9.48. The zero-order chi connectivity index (χ0) is 19.0. The van der Waals surface area contributed by atoms with E-state index in [4.69, 9.17) is 14.6 Å². The van der Waals surface area contributed by atoms with Gasteiger partial charge in [-0.15, -0.1) is 0 Å². The molecule has 0 fully saturated rings. The molecular weight excluding hydrogens is 350 g/mol. The minimum Gasteiger partial charge on any atom is -0.497 e. The summed E-state index contributed by atoms with van der Waals surface area (Å²) in [7, 11) is -0.642. The first-order chi connectivity index (χ1) is 11.7. The number of carbonyl (C=O) groups is 2. The predicted octanol–water partition coefficient (Wildman–Crippen LogP) is 1.16. The van der Waals surface area contributed by atoms with Gasteiger partial charge in [-0.2, -0.15) is 0 Å². The Balaban J connectivity index is 3.06. The molecule has 1 aromatic carbocycles. The second-order valence-electron chi connectivity index (χ2n) is 5.42. The number of aliphatic carboxylic acids is 1. The summed E-state index contributed by atoms with van der Waals surface area (Å²) >= 11 is 0. The average molecular weight is 373 g/mol. The van der Waals surface area contributed by atoms with Crippen LogP contribution in [0.5, 0.6) is 11.5 Å². The first kappa shape index (κ1) is 20.8. The van der Waals surface area contributed by atoms with Gasteiger partial charge >= 0.3 is 5.97 Å². The molecule has 1 amide bonds. The number of methoxy groups -OCH3 is 2. The third-order valence-electron chi connectivity index (χ3n) is 3.40. The molecule has 140 valence electrons. The van der Waals surface area contributed by atoms with Crippen molar-refractivity contribution in [1.82, 2.24) is 5.32 Å². The Morgan fingerprint density at radius 3 is 2.44 bits per heavy atom. The zero-order valence-electron chi connectivity index (χ0n) is 14.4. The summed E-state index contributed by atoms with van der Waals surface area (Å²) in [5.41, 5.74) is 0.423. The summed E-state index contributed by atoms with van der Waals surface area (Å²) in [6.07, 6.45) is -0.0112. The van der Waals surface area contributed by atoms with Crippen LogP contribution in [0.25, 0.3) is 0 Å². The zero-order valence-corrected chi connectivity index (χ0v) is 15.3. The summed E-state index contributed by atoms with van der Waals surface area (Å²) in [5, 5.41) is 11.6. The van der Waals surface area contributed by atoms with Crippen LogP contribution in [0.4, 0.5) is 0 Å². The monoisotopic (exact) mass is 373 g/mol. The van der Waals surface area contributed by atoms with Crippen molar-refractivity contribution >= 4 is 21.7 Å². The highest BCUT2D eigenvalue weighted by molar-refractivity contribution is 7.92. The van der Waals surface area contributed by atoms with Crippen LogP contribution in [0.2, 0.25) is 0 Å². The fraction of sp³-hybridized carbons (Fsp3) is 0.500. The molecule has 0 spiro atoms. The number of hydrogen-bond acceptors (Lipinski definition) is 6. The van der Waals surface area contributed by atoms with E-state index in [9.17, 15) is 18.0 Å². The summed E-state index contributed by atoms with van der Waals surface area (Å²) in [6, 6.07) is 3.81. The summed E-state index contributed by atoms with van der Waals surface area (Å²) in [4.78, 5) is 23.2. The van der Waals surface area contributed by atoms with Gasteiger partial charge in [0.2, 0.25) is 5.91 Å². The van der Waals surface area contributed by atoms with Crippen LogP contribution in [-0.4, -0.2) is 51.1 Å². The fourth-order valence-corrected chi connectivity index (χ4v) is 3.59. The third kappa shape index (κ3) is 6.61. The smallest absolute Gasteiger partial charge is 0.305 e. The second-order valence-corrected chi connectivity index (χ2v) is 7.60. The van der Waals surface area contributed by atoms with E-state index in [2.05, 4.69) is 5.32 Å². The van der Waals surface area contributed by atoms with Crippen LogP contribution in [-0.2, 0) is 19.4 Å². The molecule has 0 saturated heterocycles. The van der Waals surface area contributed by atoms with Gasteiger partial charge in [0.25, 0.3) is 0 Å². The van der Waals surface area contributed by atoms with Crippen molar-refractivity contribution in [3.8, 4) is 11.5 Å². The van der Waals surface area contributed by atoms with Crippen LogP contribution in [0.3, 0.4) is 0 Å². The highest BCUT2D eigenvalue weighted by atomic mass is 32.2. The van der Waals surface area contributed by atoms with Crippen LogP contribution in [0, 0.1) is 0 Å². The lowest BCUT2D eigenvalue weighted by atomic mass is 10.0. The van der Waals surface area contributed by atoms with E-state index in [-0.39, 0.29) is 5.75 Å². The minimum atomic E-state index is -3.52. The summed E-state index contributed by atoms with van der Waals surface area (Å²) in [5.74, 6) is -1.84. The van der Waals surface area contributed by atoms with Crippen LogP contribution in [0.15, 0.2) is 18.2 Å². The number of carboxylic acids is 1. The molecule has 0 aliphatic rings. The number of carbonyl (C=O) groups excluding carboxylic acids is 1. The number of sulfone groups is 1. The van der Waals surface area contributed by atoms with Crippen molar-refractivity contribution in [3.63, 3.8) is 0 Å². The largest absolute Gasteiger partial charge is 0.497 e. The number of carboxylic acid groups (broad SMARTS) is 1. The Morgan fingerprint density at radius 2 is 1.92 bits per heavy atom. The average Bonchev–Trinajstić information content (AvgIpc) is 2.52. The van der Waals surface area contributed by atoms with Crippen LogP contribution in [0.1, 0.15) is 31.4 Å². The number of rotatable bonds is 10. The van der Waals surface area contributed by atoms with Crippen molar-refractivity contribution in [1.29, 1.82) is 0 Å². The SMILES string of the molecule is CCCS(=O)(=O)CC(=O)NC(CC(=O)O)c1ccc(OC)cc1OC. The minimum absolute atomic E-state index is 0.101. The molecule has 1 atom stereocenters.